The summed E-state index contributed by atoms with van der Waals surface area (Å²) in [5, 5.41) is 10.9. The van der Waals surface area contributed by atoms with Crippen LogP contribution in [0.5, 0.6) is 11.5 Å². The Morgan fingerprint density at radius 3 is 2.74 bits per heavy atom. The predicted octanol–water partition coefficient (Wildman–Crippen LogP) is 3.07. The van der Waals surface area contributed by atoms with Gasteiger partial charge in [-0.1, -0.05) is 6.08 Å². The first-order valence-corrected chi connectivity index (χ1v) is 9.28. The quantitative estimate of drug-likeness (QED) is 0.468. The fraction of sp³-hybridized carbons (Fsp3) is 0.350. The second-order valence-corrected chi connectivity index (χ2v) is 7.02. The molecule has 4 rings (SSSR count). The molecule has 0 spiro atoms. The van der Waals surface area contributed by atoms with Gasteiger partial charge >= 0.3 is 0 Å². The maximum absolute atomic E-state index is 13.2. The number of benzene rings is 1. The van der Waals surface area contributed by atoms with Gasteiger partial charge in [-0.2, -0.15) is 0 Å². The van der Waals surface area contributed by atoms with Gasteiger partial charge in [-0.3, -0.25) is 4.79 Å². The molecule has 0 amide bonds. The van der Waals surface area contributed by atoms with Crippen LogP contribution in [-0.4, -0.2) is 53.6 Å². The largest absolute Gasteiger partial charge is 0.493 e. The van der Waals surface area contributed by atoms with Gasteiger partial charge in [-0.25, -0.2) is 0 Å². The van der Waals surface area contributed by atoms with Gasteiger partial charge in [0.15, 0.2) is 17.3 Å². The summed E-state index contributed by atoms with van der Waals surface area (Å²) in [6.45, 7) is 0.520. The number of fused-ring (bicyclic) bond motifs is 1. The van der Waals surface area contributed by atoms with Crippen LogP contribution in [0.25, 0.3) is 10.9 Å². The monoisotopic (exact) mass is 388 g/mol. The predicted molar refractivity (Wildman–Crippen MR) is 103 cm³/mol. The Balaban J connectivity index is 1.70. The van der Waals surface area contributed by atoms with Gasteiger partial charge in [-0.15, -0.1) is 11.6 Å². The van der Waals surface area contributed by atoms with Crippen molar-refractivity contribution in [2.45, 2.75) is 12.5 Å². The number of rotatable bonds is 5. The SMILES string of the molecule is COc1cc2cc(C(=O)C3CN(CCl)C4=C3CC(O)C=C4)[nH]c2cc1OC. The summed E-state index contributed by atoms with van der Waals surface area (Å²) >= 11 is 6.06. The highest BCUT2D eigenvalue weighted by Crippen LogP contribution is 2.38. The minimum absolute atomic E-state index is 0.00764. The standard InChI is InChI=1S/C20H21ClN2O4/c1-26-18-6-11-5-16(22-15(11)8-19(18)27-2)20(25)14-9-23(10-21)17-4-3-12(24)7-13(14)17/h3-6,8,12,14,22,24H,7,9-10H2,1-2H3. The van der Waals surface area contributed by atoms with E-state index in [1.165, 1.54) is 0 Å². The van der Waals surface area contributed by atoms with E-state index in [1.54, 1.807) is 20.3 Å². The average Bonchev–Trinajstić information content (AvgIpc) is 3.26. The third-order valence-electron chi connectivity index (χ3n) is 5.25. The molecule has 7 heteroatoms. The van der Waals surface area contributed by atoms with Crippen molar-refractivity contribution in [2.75, 3.05) is 26.8 Å². The van der Waals surface area contributed by atoms with Crippen LogP contribution in [-0.2, 0) is 0 Å². The Kier molecular flexibility index (Phi) is 4.61. The first kappa shape index (κ1) is 17.9. The van der Waals surface area contributed by atoms with Crippen molar-refractivity contribution < 1.29 is 19.4 Å². The molecule has 1 aromatic carbocycles. The summed E-state index contributed by atoms with van der Waals surface area (Å²) in [4.78, 5) is 18.4. The number of halogens is 1. The van der Waals surface area contributed by atoms with Crippen molar-refractivity contribution >= 4 is 28.3 Å². The smallest absolute Gasteiger partial charge is 0.187 e. The van der Waals surface area contributed by atoms with Crippen LogP contribution in [0.15, 0.2) is 41.6 Å². The third-order valence-corrected chi connectivity index (χ3v) is 5.54. The number of allylic oxidation sites excluding steroid dienone is 1. The molecule has 142 valence electrons. The number of methoxy groups -OCH3 is 2. The van der Waals surface area contributed by atoms with Gasteiger partial charge in [0.1, 0.15) is 0 Å². The molecular formula is C20H21ClN2O4. The Hall–Kier alpha value is -2.44. The molecule has 2 heterocycles. The number of nitrogens with one attached hydrogen (secondary N) is 1. The molecular weight excluding hydrogens is 368 g/mol. The minimum atomic E-state index is -0.564. The van der Waals surface area contributed by atoms with Gasteiger partial charge in [0.05, 0.1) is 37.9 Å². The number of hydrogen-bond acceptors (Lipinski definition) is 5. The van der Waals surface area contributed by atoms with Crippen molar-refractivity contribution in [3.8, 4) is 11.5 Å². The van der Waals surface area contributed by atoms with E-state index in [4.69, 9.17) is 21.1 Å². The van der Waals surface area contributed by atoms with Gasteiger partial charge in [-0.05, 0) is 23.8 Å². The zero-order chi connectivity index (χ0) is 19.1. The van der Waals surface area contributed by atoms with E-state index in [1.807, 2.05) is 29.2 Å². The first-order chi connectivity index (χ1) is 13.0. The average molecular weight is 389 g/mol. The lowest BCUT2D eigenvalue weighted by Gasteiger charge is -2.19. The summed E-state index contributed by atoms with van der Waals surface area (Å²) in [5.74, 6) is 0.884. The fourth-order valence-corrected chi connectivity index (χ4v) is 4.13. The molecule has 0 fully saturated rings. The number of nitrogens with zero attached hydrogens (tertiary/aromatic N) is 1. The minimum Gasteiger partial charge on any atom is -0.493 e. The molecule has 1 aromatic heterocycles. The van der Waals surface area contributed by atoms with Crippen LogP contribution in [0.1, 0.15) is 16.9 Å². The zero-order valence-electron chi connectivity index (χ0n) is 15.2. The fourth-order valence-electron chi connectivity index (χ4n) is 3.90. The van der Waals surface area contributed by atoms with Crippen LogP contribution in [0.2, 0.25) is 0 Å². The molecule has 2 aromatic rings. The van der Waals surface area contributed by atoms with Crippen LogP contribution in [0.4, 0.5) is 0 Å². The summed E-state index contributed by atoms with van der Waals surface area (Å²) in [6.07, 6.45) is 3.50. The third kappa shape index (κ3) is 2.99. The number of aromatic amines is 1. The molecule has 0 saturated carbocycles. The van der Waals surface area contributed by atoms with Crippen molar-refractivity contribution in [3.05, 3.63) is 47.3 Å². The number of aromatic nitrogens is 1. The Morgan fingerprint density at radius 2 is 2.04 bits per heavy atom. The van der Waals surface area contributed by atoms with Gasteiger partial charge in [0.2, 0.25) is 0 Å². The highest BCUT2D eigenvalue weighted by Gasteiger charge is 2.37. The second kappa shape index (κ2) is 6.94. The molecule has 1 aliphatic carbocycles. The van der Waals surface area contributed by atoms with E-state index < -0.39 is 6.10 Å². The number of hydrogen-bond donors (Lipinski definition) is 2. The molecule has 1 aliphatic heterocycles. The first-order valence-electron chi connectivity index (χ1n) is 8.75. The number of carbonyl (C=O) groups excluding carboxylic acids is 1. The normalized spacial score (nSPS) is 21.7. The zero-order valence-corrected chi connectivity index (χ0v) is 15.9. The summed E-state index contributed by atoms with van der Waals surface area (Å²) < 4.78 is 10.7. The molecule has 0 bridgehead atoms. The summed E-state index contributed by atoms with van der Waals surface area (Å²) in [7, 11) is 3.16. The molecule has 0 saturated heterocycles. The summed E-state index contributed by atoms with van der Waals surface area (Å²) in [5.41, 5.74) is 3.23. The number of aliphatic hydroxyl groups excluding tert-OH is 1. The number of alkyl halides is 1. The molecule has 2 N–H and O–H groups in total. The topological polar surface area (TPSA) is 74.8 Å². The van der Waals surface area contributed by atoms with Gasteiger partial charge in [0.25, 0.3) is 0 Å². The number of Topliss-reactive ketones (excluding diaryl/α,β-unsaturated/α-hetero) is 1. The Bertz CT molecular complexity index is 921. The van der Waals surface area contributed by atoms with Gasteiger partial charge in [0, 0.05) is 35.6 Å². The molecule has 2 atom stereocenters. The van der Waals surface area contributed by atoms with Gasteiger partial charge < -0.3 is 24.5 Å². The Labute approximate surface area is 162 Å². The van der Waals surface area contributed by atoms with Crippen LogP contribution < -0.4 is 9.47 Å². The lowest BCUT2D eigenvalue weighted by Crippen LogP contribution is -2.25. The van der Waals surface area contributed by atoms with Crippen LogP contribution >= 0.6 is 11.6 Å². The highest BCUT2D eigenvalue weighted by atomic mass is 35.5. The molecule has 0 radical (unpaired) electrons. The number of H-pyrrole nitrogens is 1. The van der Waals surface area contributed by atoms with E-state index in [0.717, 1.165) is 22.2 Å². The van der Waals surface area contributed by atoms with E-state index in [0.29, 0.717) is 36.2 Å². The number of ether oxygens (including phenoxy) is 2. The lowest BCUT2D eigenvalue weighted by atomic mass is 9.88. The van der Waals surface area contributed by atoms with E-state index >= 15 is 0 Å². The number of ketones is 1. The maximum Gasteiger partial charge on any atom is 0.187 e. The Morgan fingerprint density at radius 1 is 1.30 bits per heavy atom. The maximum atomic E-state index is 13.2. The van der Waals surface area contributed by atoms with Crippen molar-refractivity contribution in [1.82, 2.24) is 9.88 Å². The van der Waals surface area contributed by atoms with Crippen molar-refractivity contribution in [3.63, 3.8) is 0 Å². The van der Waals surface area contributed by atoms with Crippen molar-refractivity contribution in [1.29, 1.82) is 0 Å². The van der Waals surface area contributed by atoms with E-state index in [9.17, 15) is 9.90 Å². The lowest BCUT2D eigenvalue weighted by molar-refractivity contribution is 0.0926. The van der Waals surface area contributed by atoms with Crippen LogP contribution in [0.3, 0.4) is 0 Å². The van der Waals surface area contributed by atoms with Crippen LogP contribution in [0, 0.1) is 5.92 Å². The number of carbonyl (C=O) groups is 1. The molecule has 2 aliphatic rings. The molecule has 27 heavy (non-hydrogen) atoms. The molecule has 6 nitrogen and oxygen atoms in total. The molecule has 2 unspecified atom stereocenters. The van der Waals surface area contributed by atoms with E-state index in [2.05, 4.69) is 4.98 Å². The van der Waals surface area contributed by atoms with E-state index in [-0.39, 0.29) is 11.7 Å². The van der Waals surface area contributed by atoms with Crippen molar-refractivity contribution in [2.24, 2.45) is 5.92 Å². The second-order valence-electron chi connectivity index (χ2n) is 6.78. The highest BCUT2D eigenvalue weighted by molar-refractivity contribution is 6.17. The summed E-state index contributed by atoms with van der Waals surface area (Å²) in [6, 6.07) is 5.81. The number of aliphatic hydroxyl groups is 1.